The van der Waals surface area contributed by atoms with Crippen molar-refractivity contribution in [3.63, 3.8) is 0 Å². The Morgan fingerprint density at radius 2 is 1.92 bits per heavy atom. The summed E-state index contributed by atoms with van der Waals surface area (Å²) in [5.41, 5.74) is 1.77. The minimum Gasteiger partial charge on any atom is -0.493 e. The van der Waals surface area contributed by atoms with Crippen LogP contribution in [0.15, 0.2) is 41.3 Å². The van der Waals surface area contributed by atoms with E-state index in [1.165, 1.54) is 26.0 Å². The number of hydrogen-bond acceptors (Lipinski definition) is 5. The van der Waals surface area contributed by atoms with Crippen molar-refractivity contribution in [2.45, 2.75) is 4.90 Å². The largest absolute Gasteiger partial charge is 0.493 e. The molecule has 2 aromatic rings. The van der Waals surface area contributed by atoms with Crippen LogP contribution in [-0.4, -0.2) is 31.8 Å². The second kappa shape index (κ2) is 6.84. The van der Waals surface area contributed by atoms with Crippen LogP contribution in [0.5, 0.6) is 11.5 Å². The Morgan fingerprint density at radius 3 is 2.67 bits per heavy atom. The van der Waals surface area contributed by atoms with Crippen LogP contribution in [0.1, 0.15) is 10.4 Å². The number of fused-ring (bicyclic) bond motifs is 1. The molecule has 1 aliphatic heterocycles. The SMILES string of the molecule is COc1ccc(C(=O)Nc2ccc3c(c2)NC(=O)CS3)cc1OC. The molecule has 1 aliphatic rings. The maximum atomic E-state index is 12.4. The second-order valence-electron chi connectivity index (χ2n) is 5.07. The van der Waals surface area contributed by atoms with Gasteiger partial charge >= 0.3 is 0 Å². The quantitative estimate of drug-likeness (QED) is 0.892. The maximum Gasteiger partial charge on any atom is 0.255 e. The molecule has 0 saturated carbocycles. The lowest BCUT2D eigenvalue weighted by molar-refractivity contribution is -0.113. The third-order valence-corrected chi connectivity index (χ3v) is 4.59. The molecule has 3 rings (SSSR count). The lowest BCUT2D eigenvalue weighted by Crippen LogP contribution is -2.19. The predicted molar refractivity (Wildman–Crippen MR) is 93.3 cm³/mol. The van der Waals surface area contributed by atoms with E-state index in [-0.39, 0.29) is 11.8 Å². The van der Waals surface area contributed by atoms with Crippen LogP contribution >= 0.6 is 11.8 Å². The number of carbonyl (C=O) groups is 2. The summed E-state index contributed by atoms with van der Waals surface area (Å²) in [6.07, 6.45) is 0. The first-order valence-electron chi connectivity index (χ1n) is 7.21. The molecule has 24 heavy (non-hydrogen) atoms. The Hall–Kier alpha value is -2.67. The van der Waals surface area contributed by atoms with Crippen LogP contribution in [0.25, 0.3) is 0 Å². The average molecular weight is 344 g/mol. The zero-order chi connectivity index (χ0) is 17.1. The number of ether oxygens (including phenoxy) is 2. The van der Waals surface area contributed by atoms with Crippen LogP contribution in [0.2, 0.25) is 0 Å². The Bertz CT molecular complexity index is 807. The molecule has 0 fully saturated rings. The molecule has 1 heterocycles. The van der Waals surface area contributed by atoms with Crippen molar-refractivity contribution < 1.29 is 19.1 Å². The highest BCUT2D eigenvalue weighted by Crippen LogP contribution is 2.33. The molecule has 0 aliphatic carbocycles. The lowest BCUT2D eigenvalue weighted by Gasteiger charge is -2.17. The summed E-state index contributed by atoms with van der Waals surface area (Å²) in [6, 6.07) is 10.4. The van der Waals surface area contributed by atoms with Crippen LogP contribution in [-0.2, 0) is 4.79 Å². The average Bonchev–Trinajstić information content (AvgIpc) is 2.60. The van der Waals surface area contributed by atoms with Crippen LogP contribution in [0.4, 0.5) is 11.4 Å². The van der Waals surface area contributed by atoms with Crippen molar-refractivity contribution in [2.24, 2.45) is 0 Å². The van der Waals surface area contributed by atoms with Gasteiger partial charge in [0, 0.05) is 16.1 Å². The van der Waals surface area contributed by atoms with E-state index in [1.54, 1.807) is 24.3 Å². The monoisotopic (exact) mass is 344 g/mol. The van der Waals surface area contributed by atoms with E-state index in [0.717, 1.165) is 4.90 Å². The molecular weight excluding hydrogens is 328 g/mol. The fourth-order valence-electron chi connectivity index (χ4n) is 2.34. The van der Waals surface area contributed by atoms with Gasteiger partial charge in [0.25, 0.3) is 5.91 Å². The standard InChI is InChI=1S/C17H16N2O4S/c1-22-13-5-3-10(7-14(13)23-2)17(21)18-11-4-6-15-12(8-11)19-16(20)9-24-15/h3-8H,9H2,1-2H3,(H,18,21)(H,19,20). The number of benzene rings is 2. The highest BCUT2D eigenvalue weighted by molar-refractivity contribution is 8.00. The van der Waals surface area contributed by atoms with Gasteiger partial charge in [0.2, 0.25) is 5.91 Å². The molecule has 2 aromatic carbocycles. The lowest BCUT2D eigenvalue weighted by atomic mass is 10.1. The van der Waals surface area contributed by atoms with E-state index in [0.29, 0.717) is 34.2 Å². The van der Waals surface area contributed by atoms with Gasteiger partial charge in [0.05, 0.1) is 25.7 Å². The predicted octanol–water partition coefficient (Wildman–Crippen LogP) is 3.00. The first-order chi connectivity index (χ1) is 11.6. The number of methoxy groups -OCH3 is 2. The van der Waals surface area contributed by atoms with Gasteiger partial charge in [-0.05, 0) is 36.4 Å². The molecule has 0 unspecified atom stereocenters. The van der Waals surface area contributed by atoms with Crippen molar-refractivity contribution in [3.05, 3.63) is 42.0 Å². The number of thioether (sulfide) groups is 1. The zero-order valence-corrected chi connectivity index (χ0v) is 14.0. The summed E-state index contributed by atoms with van der Waals surface area (Å²) in [5.74, 6) is 1.13. The molecule has 0 radical (unpaired) electrons. The Labute approximate surface area is 143 Å². The number of hydrogen-bond donors (Lipinski definition) is 2. The molecule has 0 bridgehead atoms. The Balaban J connectivity index is 1.80. The van der Waals surface area contributed by atoms with Gasteiger partial charge in [0.1, 0.15) is 0 Å². The van der Waals surface area contributed by atoms with Gasteiger partial charge in [-0.2, -0.15) is 0 Å². The number of nitrogens with one attached hydrogen (secondary N) is 2. The summed E-state index contributed by atoms with van der Waals surface area (Å²) in [5, 5.41) is 5.62. The number of anilines is 2. The van der Waals surface area contributed by atoms with E-state index < -0.39 is 0 Å². The minimum atomic E-state index is -0.273. The molecule has 0 atom stereocenters. The summed E-state index contributed by atoms with van der Waals surface area (Å²) < 4.78 is 10.4. The van der Waals surface area contributed by atoms with E-state index in [9.17, 15) is 9.59 Å². The number of carbonyl (C=O) groups excluding carboxylic acids is 2. The van der Waals surface area contributed by atoms with Gasteiger partial charge in [0.15, 0.2) is 11.5 Å². The molecule has 0 spiro atoms. The van der Waals surface area contributed by atoms with E-state index in [2.05, 4.69) is 10.6 Å². The minimum absolute atomic E-state index is 0.0455. The van der Waals surface area contributed by atoms with E-state index >= 15 is 0 Å². The van der Waals surface area contributed by atoms with E-state index in [1.807, 2.05) is 12.1 Å². The summed E-state index contributed by atoms with van der Waals surface area (Å²) in [6.45, 7) is 0. The number of rotatable bonds is 4. The normalized spacial score (nSPS) is 12.8. The summed E-state index contributed by atoms with van der Waals surface area (Å²) in [4.78, 5) is 24.9. The number of amides is 2. The topological polar surface area (TPSA) is 76.7 Å². The van der Waals surface area contributed by atoms with Gasteiger partial charge in [-0.15, -0.1) is 11.8 Å². The molecule has 0 aromatic heterocycles. The van der Waals surface area contributed by atoms with E-state index in [4.69, 9.17) is 9.47 Å². The third-order valence-electron chi connectivity index (χ3n) is 3.52. The highest BCUT2D eigenvalue weighted by Gasteiger charge is 2.16. The molecule has 0 saturated heterocycles. The molecule has 7 heteroatoms. The molecule has 2 N–H and O–H groups in total. The van der Waals surface area contributed by atoms with Crippen molar-refractivity contribution in [1.29, 1.82) is 0 Å². The molecule has 6 nitrogen and oxygen atoms in total. The van der Waals surface area contributed by atoms with Gasteiger partial charge in [-0.3, -0.25) is 9.59 Å². The first kappa shape index (κ1) is 16.2. The van der Waals surface area contributed by atoms with Crippen molar-refractivity contribution >= 4 is 35.0 Å². The molecule has 124 valence electrons. The van der Waals surface area contributed by atoms with Crippen LogP contribution in [0.3, 0.4) is 0 Å². The summed E-state index contributed by atoms with van der Waals surface area (Å²) in [7, 11) is 3.06. The fourth-order valence-corrected chi connectivity index (χ4v) is 3.13. The third kappa shape index (κ3) is 3.30. The Morgan fingerprint density at radius 1 is 1.12 bits per heavy atom. The summed E-state index contributed by atoms with van der Waals surface area (Å²) >= 11 is 1.47. The Kier molecular flexibility index (Phi) is 4.61. The smallest absolute Gasteiger partial charge is 0.255 e. The fraction of sp³-hybridized carbons (Fsp3) is 0.176. The van der Waals surface area contributed by atoms with Gasteiger partial charge in [-0.1, -0.05) is 0 Å². The van der Waals surface area contributed by atoms with Crippen LogP contribution < -0.4 is 20.1 Å². The second-order valence-corrected chi connectivity index (χ2v) is 6.09. The van der Waals surface area contributed by atoms with Crippen molar-refractivity contribution in [2.75, 3.05) is 30.6 Å². The van der Waals surface area contributed by atoms with Gasteiger partial charge in [-0.25, -0.2) is 0 Å². The van der Waals surface area contributed by atoms with Crippen LogP contribution in [0, 0.1) is 0 Å². The first-order valence-corrected chi connectivity index (χ1v) is 8.19. The van der Waals surface area contributed by atoms with Crippen molar-refractivity contribution in [1.82, 2.24) is 0 Å². The van der Waals surface area contributed by atoms with Gasteiger partial charge < -0.3 is 20.1 Å². The molecule has 2 amide bonds. The highest BCUT2D eigenvalue weighted by atomic mass is 32.2. The maximum absolute atomic E-state index is 12.4. The van der Waals surface area contributed by atoms with Crippen molar-refractivity contribution in [3.8, 4) is 11.5 Å². The molecular formula is C17H16N2O4S. The zero-order valence-electron chi connectivity index (χ0n) is 13.2.